The maximum absolute atomic E-state index is 13.0. The lowest BCUT2D eigenvalue weighted by atomic mass is 10.3. The van der Waals surface area contributed by atoms with Gasteiger partial charge in [0.25, 0.3) is 5.95 Å². The Balaban J connectivity index is 2.00. The quantitative estimate of drug-likeness (QED) is 0.785. The minimum Gasteiger partial charge on any atom is -0.368 e. The number of rotatable bonds is 3. The Hall–Kier alpha value is -3.03. The Morgan fingerprint density at radius 3 is 2.57 bits per heavy atom. The summed E-state index contributed by atoms with van der Waals surface area (Å²) in [6.45, 7) is 0. The van der Waals surface area contributed by atoms with Crippen molar-refractivity contribution in [1.82, 2.24) is 24.7 Å². The summed E-state index contributed by atoms with van der Waals surface area (Å²) in [5, 5.41) is 4.05. The summed E-state index contributed by atoms with van der Waals surface area (Å²) in [6, 6.07) is 7.74. The molecule has 7 nitrogen and oxygen atoms in total. The van der Waals surface area contributed by atoms with E-state index in [1.165, 1.54) is 16.8 Å². The van der Waals surface area contributed by atoms with Crippen molar-refractivity contribution in [3.63, 3.8) is 0 Å². The molecule has 1 aromatic carbocycles. The standard InChI is InChI=1S/C13H12FN7/c1-20(10-5-3-9(14)4-6-10)12-17-11(15)18-13(19-12)21-8-2-7-16-21/h2-8H,1H3,(H2,15,17,18,19). The molecule has 0 aliphatic heterocycles. The highest BCUT2D eigenvalue weighted by Crippen LogP contribution is 2.21. The predicted molar refractivity (Wildman–Crippen MR) is 75.8 cm³/mol. The molecular weight excluding hydrogens is 273 g/mol. The van der Waals surface area contributed by atoms with E-state index in [4.69, 9.17) is 5.73 Å². The lowest BCUT2D eigenvalue weighted by Gasteiger charge is -2.17. The van der Waals surface area contributed by atoms with Crippen LogP contribution in [0.2, 0.25) is 0 Å². The number of anilines is 3. The first kappa shape index (κ1) is 13.0. The molecule has 0 bridgehead atoms. The van der Waals surface area contributed by atoms with E-state index in [2.05, 4.69) is 20.1 Å². The average molecular weight is 285 g/mol. The Kier molecular flexibility index (Phi) is 3.19. The predicted octanol–water partition coefficient (Wildman–Crippen LogP) is 1.55. The second kappa shape index (κ2) is 5.16. The molecule has 0 aliphatic carbocycles. The van der Waals surface area contributed by atoms with Crippen molar-refractivity contribution < 1.29 is 4.39 Å². The molecule has 2 aromatic heterocycles. The van der Waals surface area contributed by atoms with Crippen LogP contribution in [0.1, 0.15) is 0 Å². The minimum atomic E-state index is -0.306. The molecule has 0 aliphatic rings. The Morgan fingerprint density at radius 1 is 1.14 bits per heavy atom. The van der Waals surface area contributed by atoms with E-state index in [0.717, 1.165) is 5.69 Å². The van der Waals surface area contributed by atoms with Crippen molar-refractivity contribution >= 4 is 17.6 Å². The first-order valence-electron chi connectivity index (χ1n) is 6.14. The normalized spacial score (nSPS) is 10.6. The van der Waals surface area contributed by atoms with Gasteiger partial charge in [0.15, 0.2) is 0 Å². The fourth-order valence-corrected chi connectivity index (χ4v) is 1.79. The molecule has 0 saturated carbocycles. The molecule has 0 saturated heterocycles. The third-order valence-electron chi connectivity index (χ3n) is 2.85. The summed E-state index contributed by atoms with van der Waals surface area (Å²) in [5.74, 6) is 0.440. The molecule has 0 spiro atoms. The van der Waals surface area contributed by atoms with Crippen LogP contribution in [-0.2, 0) is 0 Å². The molecule has 8 heteroatoms. The summed E-state index contributed by atoms with van der Waals surface area (Å²) < 4.78 is 14.5. The van der Waals surface area contributed by atoms with Gasteiger partial charge in [-0.3, -0.25) is 0 Å². The fraction of sp³-hybridized carbons (Fsp3) is 0.0769. The van der Waals surface area contributed by atoms with Crippen LogP contribution in [-0.4, -0.2) is 31.8 Å². The topological polar surface area (TPSA) is 85.8 Å². The lowest BCUT2D eigenvalue weighted by molar-refractivity contribution is 0.628. The van der Waals surface area contributed by atoms with Gasteiger partial charge in [-0.1, -0.05) is 0 Å². The summed E-state index contributed by atoms with van der Waals surface area (Å²) in [4.78, 5) is 14.1. The van der Waals surface area contributed by atoms with E-state index >= 15 is 0 Å². The average Bonchev–Trinajstić information content (AvgIpc) is 3.01. The number of aromatic nitrogens is 5. The Labute approximate surface area is 119 Å². The summed E-state index contributed by atoms with van der Waals surface area (Å²) in [5.41, 5.74) is 6.45. The Morgan fingerprint density at radius 2 is 1.90 bits per heavy atom. The second-order valence-corrected chi connectivity index (χ2v) is 4.28. The Bertz CT molecular complexity index is 740. The van der Waals surface area contributed by atoms with Gasteiger partial charge >= 0.3 is 0 Å². The van der Waals surface area contributed by atoms with Crippen LogP contribution >= 0.6 is 0 Å². The molecule has 0 amide bonds. The summed E-state index contributed by atoms with van der Waals surface area (Å²) in [7, 11) is 1.76. The molecule has 0 fully saturated rings. The van der Waals surface area contributed by atoms with E-state index < -0.39 is 0 Å². The molecule has 0 unspecified atom stereocenters. The van der Waals surface area contributed by atoms with Crippen LogP contribution in [0.3, 0.4) is 0 Å². The van der Waals surface area contributed by atoms with E-state index in [0.29, 0.717) is 11.9 Å². The molecule has 2 heterocycles. The van der Waals surface area contributed by atoms with Gasteiger partial charge in [0.1, 0.15) is 5.82 Å². The van der Waals surface area contributed by atoms with Gasteiger partial charge in [0.2, 0.25) is 11.9 Å². The molecule has 0 radical (unpaired) electrons. The van der Waals surface area contributed by atoms with Gasteiger partial charge < -0.3 is 10.6 Å². The molecule has 21 heavy (non-hydrogen) atoms. The van der Waals surface area contributed by atoms with Gasteiger partial charge in [0.05, 0.1) is 0 Å². The monoisotopic (exact) mass is 285 g/mol. The van der Waals surface area contributed by atoms with Crippen LogP contribution in [0.5, 0.6) is 0 Å². The molecule has 2 N–H and O–H groups in total. The van der Waals surface area contributed by atoms with Crippen molar-refractivity contribution in [1.29, 1.82) is 0 Å². The summed E-state index contributed by atoms with van der Waals surface area (Å²) in [6.07, 6.45) is 3.32. The number of benzene rings is 1. The number of halogens is 1. The van der Waals surface area contributed by atoms with Gasteiger partial charge in [-0.25, -0.2) is 9.07 Å². The van der Waals surface area contributed by atoms with Crippen LogP contribution in [0.4, 0.5) is 22.0 Å². The van der Waals surface area contributed by atoms with Crippen LogP contribution in [0.15, 0.2) is 42.7 Å². The zero-order valence-corrected chi connectivity index (χ0v) is 11.2. The third kappa shape index (κ3) is 2.64. The molecule has 3 aromatic rings. The van der Waals surface area contributed by atoms with Crippen LogP contribution in [0, 0.1) is 5.82 Å². The second-order valence-electron chi connectivity index (χ2n) is 4.28. The highest BCUT2D eigenvalue weighted by Gasteiger charge is 2.12. The maximum Gasteiger partial charge on any atom is 0.257 e. The van der Waals surface area contributed by atoms with Crippen molar-refractivity contribution in [2.24, 2.45) is 0 Å². The highest BCUT2D eigenvalue weighted by atomic mass is 19.1. The minimum absolute atomic E-state index is 0.0828. The van der Waals surface area contributed by atoms with Crippen molar-refractivity contribution in [3.8, 4) is 5.95 Å². The van der Waals surface area contributed by atoms with Crippen LogP contribution < -0.4 is 10.6 Å². The van der Waals surface area contributed by atoms with E-state index in [-0.39, 0.29) is 11.8 Å². The number of hydrogen-bond donors (Lipinski definition) is 1. The van der Waals surface area contributed by atoms with Gasteiger partial charge in [-0.05, 0) is 30.3 Å². The van der Waals surface area contributed by atoms with E-state index in [9.17, 15) is 4.39 Å². The third-order valence-corrected chi connectivity index (χ3v) is 2.85. The zero-order chi connectivity index (χ0) is 14.8. The van der Waals surface area contributed by atoms with E-state index in [1.54, 1.807) is 42.5 Å². The molecular formula is C13H12FN7. The zero-order valence-electron chi connectivity index (χ0n) is 11.2. The van der Waals surface area contributed by atoms with Crippen molar-refractivity contribution in [2.45, 2.75) is 0 Å². The number of nitrogen functional groups attached to an aromatic ring is 1. The lowest BCUT2D eigenvalue weighted by Crippen LogP contribution is -2.17. The first-order valence-corrected chi connectivity index (χ1v) is 6.14. The molecule has 3 rings (SSSR count). The SMILES string of the molecule is CN(c1ccc(F)cc1)c1nc(N)nc(-n2cccn2)n1. The first-order chi connectivity index (χ1) is 10.1. The van der Waals surface area contributed by atoms with Gasteiger partial charge in [-0.2, -0.15) is 20.1 Å². The largest absolute Gasteiger partial charge is 0.368 e. The number of nitrogens with two attached hydrogens (primary N) is 1. The number of hydrogen-bond acceptors (Lipinski definition) is 6. The van der Waals surface area contributed by atoms with E-state index in [1.807, 2.05) is 0 Å². The smallest absolute Gasteiger partial charge is 0.257 e. The van der Waals surface area contributed by atoms with Crippen molar-refractivity contribution in [2.75, 3.05) is 17.7 Å². The van der Waals surface area contributed by atoms with Crippen LogP contribution in [0.25, 0.3) is 5.95 Å². The van der Waals surface area contributed by atoms with Gasteiger partial charge in [-0.15, -0.1) is 0 Å². The molecule has 106 valence electrons. The van der Waals surface area contributed by atoms with Crippen molar-refractivity contribution in [3.05, 3.63) is 48.5 Å². The van der Waals surface area contributed by atoms with Gasteiger partial charge in [0, 0.05) is 25.1 Å². The number of nitrogens with zero attached hydrogens (tertiary/aromatic N) is 6. The highest BCUT2D eigenvalue weighted by molar-refractivity contribution is 5.57. The molecule has 0 atom stereocenters. The fourth-order valence-electron chi connectivity index (χ4n) is 1.79. The summed E-state index contributed by atoms with van der Waals surface area (Å²) >= 11 is 0. The maximum atomic E-state index is 13.0.